The number of anilines is 2. The smallest absolute Gasteiger partial charge is 0.320 e. The zero-order valence-electron chi connectivity index (χ0n) is 9.75. The van der Waals surface area contributed by atoms with Gasteiger partial charge in [-0.3, -0.25) is 4.98 Å². The topological polar surface area (TPSA) is 63.8 Å². The zero-order valence-corrected chi connectivity index (χ0v) is 11.3. The highest BCUT2D eigenvalue weighted by molar-refractivity contribution is 9.10. The molecule has 0 amide bonds. The number of hydrogen-bond donors (Lipinski definition) is 1. The molecule has 0 aliphatic carbocycles. The van der Waals surface area contributed by atoms with E-state index in [0.29, 0.717) is 11.9 Å². The lowest BCUT2D eigenvalue weighted by Crippen LogP contribution is -1.90. The lowest BCUT2D eigenvalue weighted by Gasteiger charge is -1.99. The van der Waals surface area contributed by atoms with Crippen LogP contribution in [0, 0.1) is 0 Å². The maximum Gasteiger partial charge on any atom is 0.320 e. The van der Waals surface area contributed by atoms with E-state index in [1.807, 2.05) is 36.4 Å². The van der Waals surface area contributed by atoms with Crippen molar-refractivity contribution in [2.45, 2.75) is 0 Å². The lowest BCUT2D eigenvalue weighted by molar-refractivity contribution is 0.587. The van der Waals surface area contributed by atoms with Crippen LogP contribution in [-0.2, 0) is 0 Å². The molecule has 0 bridgehead atoms. The van der Waals surface area contributed by atoms with Gasteiger partial charge in [-0.25, -0.2) is 0 Å². The summed E-state index contributed by atoms with van der Waals surface area (Å²) in [5.41, 5.74) is 1.65. The van der Waals surface area contributed by atoms with E-state index < -0.39 is 0 Å². The van der Waals surface area contributed by atoms with Crippen molar-refractivity contribution in [1.29, 1.82) is 0 Å². The van der Waals surface area contributed by atoms with Crippen molar-refractivity contribution in [3.8, 4) is 11.5 Å². The van der Waals surface area contributed by atoms with E-state index in [2.05, 4.69) is 36.4 Å². The van der Waals surface area contributed by atoms with E-state index in [1.54, 1.807) is 12.4 Å². The lowest BCUT2D eigenvalue weighted by atomic mass is 10.2. The summed E-state index contributed by atoms with van der Waals surface area (Å²) >= 11 is 3.45. The molecule has 0 saturated heterocycles. The molecule has 6 heteroatoms. The standard InChI is InChI=1S/C13H9BrN4O/c14-11-6-2-1-5-10(11)12-17-18-13(19-12)16-9-4-3-7-15-8-9/h1-8H,(H,16,18). The van der Waals surface area contributed by atoms with Gasteiger partial charge >= 0.3 is 6.01 Å². The van der Waals surface area contributed by atoms with Crippen LogP contribution in [-0.4, -0.2) is 15.2 Å². The Morgan fingerprint density at radius 3 is 2.74 bits per heavy atom. The number of halogens is 1. The first-order chi connectivity index (χ1) is 9.33. The summed E-state index contributed by atoms with van der Waals surface area (Å²) in [6.07, 6.45) is 3.38. The third-order valence-electron chi connectivity index (χ3n) is 2.44. The average Bonchev–Trinajstić information content (AvgIpc) is 2.89. The molecule has 3 rings (SSSR count). The summed E-state index contributed by atoms with van der Waals surface area (Å²) < 4.78 is 6.47. The maximum absolute atomic E-state index is 5.56. The molecular weight excluding hydrogens is 308 g/mol. The van der Waals surface area contributed by atoms with Crippen LogP contribution < -0.4 is 5.32 Å². The SMILES string of the molecule is Brc1ccccc1-c1nnc(Nc2cccnc2)o1. The Balaban J connectivity index is 1.86. The summed E-state index contributed by atoms with van der Waals surface area (Å²) in [6, 6.07) is 11.7. The number of rotatable bonds is 3. The number of nitrogens with one attached hydrogen (secondary N) is 1. The second kappa shape index (κ2) is 5.19. The maximum atomic E-state index is 5.56. The molecule has 2 aromatic heterocycles. The van der Waals surface area contributed by atoms with E-state index in [9.17, 15) is 0 Å². The fourth-order valence-corrected chi connectivity index (χ4v) is 2.03. The van der Waals surface area contributed by atoms with Gasteiger partial charge in [-0.1, -0.05) is 17.2 Å². The quantitative estimate of drug-likeness (QED) is 0.799. The van der Waals surface area contributed by atoms with Crippen LogP contribution in [0.1, 0.15) is 0 Å². The molecular formula is C13H9BrN4O. The highest BCUT2D eigenvalue weighted by atomic mass is 79.9. The van der Waals surface area contributed by atoms with E-state index in [1.165, 1.54) is 0 Å². The molecule has 94 valence electrons. The molecule has 0 aliphatic heterocycles. The Labute approximate surface area is 117 Å². The van der Waals surface area contributed by atoms with Crippen molar-refractivity contribution < 1.29 is 4.42 Å². The van der Waals surface area contributed by atoms with Crippen LogP contribution in [0.3, 0.4) is 0 Å². The van der Waals surface area contributed by atoms with Gasteiger partial charge in [0.15, 0.2) is 0 Å². The van der Waals surface area contributed by atoms with Gasteiger partial charge in [-0.15, -0.1) is 5.10 Å². The van der Waals surface area contributed by atoms with Crippen molar-refractivity contribution >= 4 is 27.6 Å². The van der Waals surface area contributed by atoms with Crippen LogP contribution in [0.15, 0.2) is 57.7 Å². The minimum Gasteiger partial charge on any atom is -0.403 e. The predicted molar refractivity (Wildman–Crippen MR) is 75.0 cm³/mol. The van der Waals surface area contributed by atoms with Crippen molar-refractivity contribution in [1.82, 2.24) is 15.2 Å². The minimum atomic E-state index is 0.332. The summed E-state index contributed by atoms with van der Waals surface area (Å²) in [7, 11) is 0. The van der Waals surface area contributed by atoms with Crippen molar-refractivity contribution in [3.63, 3.8) is 0 Å². The molecule has 5 nitrogen and oxygen atoms in total. The first kappa shape index (κ1) is 11.9. The van der Waals surface area contributed by atoms with Crippen LogP contribution in [0.4, 0.5) is 11.7 Å². The minimum absolute atomic E-state index is 0.332. The predicted octanol–water partition coefficient (Wildman–Crippen LogP) is 3.64. The molecule has 1 N–H and O–H groups in total. The van der Waals surface area contributed by atoms with Crippen LogP contribution in [0.2, 0.25) is 0 Å². The fourth-order valence-electron chi connectivity index (χ4n) is 1.58. The third kappa shape index (κ3) is 2.63. The number of aromatic nitrogens is 3. The van der Waals surface area contributed by atoms with Gasteiger partial charge in [-0.2, -0.15) is 0 Å². The molecule has 2 heterocycles. The fraction of sp³-hybridized carbons (Fsp3) is 0. The molecule has 0 saturated carbocycles. The van der Waals surface area contributed by atoms with E-state index in [4.69, 9.17) is 4.42 Å². The Morgan fingerprint density at radius 1 is 1.05 bits per heavy atom. The van der Waals surface area contributed by atoms with E-state index in [0.717, 1.165) is 15.7 Å². The second-order valence-corrected chi connectivity index (χ2v) is 4.61. The van der Waals surface area contributed by atoms with Gasteiger partial charge in [0.1, 0.15) is 0 Å². The average molecular weight is 317 g/mol. The van der Waals surface area contributed by atoms with Gasteiger partial charge in [0.2, 0.25) is 0 Å². The molecule has 0 unspecified atom stereocenters. The number of benzene rings is 1. The van der Waals surface area contributed by atoms with Gasteiger partial charge < -0.3 is 9.73 Å². The van der Waals surface area contributed by atoms with Crippen LogP contribution in [0.25, 0.3) is 11.5 Å². The van der Waals surface area contributed by atoms with Gasteiger partial charge in [-0.05, 0) is 40.2 Å². The highest BCUT2D eigenvalue weighted by Gasteiger charge is 2.11. The van der Waals surface area contributed by atoms with Crippen molar-refractivity contribution in [3.05, 3.63) is 53.3 Å². The molecule has 3 aromatic rings. The van der Waals surface area contributed by atoms with Crippen molar-refractivity contribution in [2.24, 2.45) is 0 Å². The molecule has 0 spiro atoms. The Hall–Kier alpha value is -2.21. The number of hydrogen-bond acceptors (Lipinski definition) is 5. The third-order valence-corrected chi connectivity index (χ3v) is 3.13. The van der Waals surface area contributed by atoms with E-state index in [-0.39, 0.29) is 0 Å². The molecule has 0 aliphatic rings. The van der Waals surface area contributed by atoms with Gasteiger partial charge in [0.25, 0.3) is 5.89 Å². The Kier molecular flexibility index (Phi) is 3.24. The number of nitrogens with zero attached hydrogens (tertiary/aromatic N) is 3. The summed E-state index contributed by atoms with van der Waals surface area (Å²) in [5.74, 6) is 0.457. The van der Waals surface area contributed by atoms with Crippen LogP contribution >= 0.6 is 15.9 Å². The second-order valence-electron chi connectivity index (χ2n) is 3.76. The first-order valence-electron chi connectivity index (χ1n) is 5.58. The normalized spacial score (nSPS) is 10.4. The zero-order chi connectivity index (χ0) is 13.1. The van der Waals surface area contributed by atoms with Gasteiger partial charge in [0, 0.05) is 10.7 Å². The van der Waals surface area contributed by atoms with Gasteiger partial charge in [0.05, 0.1) is 17.4 Å². The Bertz CT molecular complexity index is 684. The molecule has 0 fully saturated rings. The largest absolute Gasteiger partial charge is 0.403 e. The molecule has 0 radical (unpaired) electrons. The Morgan fingerprint density at radius 2 is 1.95 bits per heavy atom. The summed E-state index contributed by atoms with van der Waals surface area (Å²) in [4.78, 5) is 4.00. The van der Waals surface area contributed by atoms with E-state index >= 15 is 0 Å². The monoisotopic (exact) mass is 316 g/mol. The first-order valence-corrected chi connectivity index (χ1v) is 6.38. The molecule has 1 aromatic carbocycles. The molecule has 0 atom stereocenters. The number of pyridine rings is 1. The summed E-state index contributed by atoms with van der Waals surface area (Å²) in [6.45, 7) is 0. The van der Waals surface area contributed by atoms with Crippen LogP contribution in [0.5, 0.6) is 0 Å². The molecule has 19 heavy (non-hydrogen) atoms. The highest BCUT2D eigenvalue weighted by Crippen LogP contribution is 2.28. The van der Waals surface area contributed by atoms with Crippen molar-refractivity contribution in [2.75, 3.05) is 5.32 Å². The summed E-state index contributed by atoms with van der Waals surface area (Å²) in [5, 5.41) is 11.0.